The summed E-state index contributed by atoms with van der Waals surface area (Å²) >= 11 is 3.36. The molecule has 0 fully saturated rings. The van der Waals surface area contributed by atoms with Gasteiger partial charge in [-0.1, -0.05) is 31.7 Å². The normalized spacial score (nSPS) is 12.9. The molecule has 0 aliphatic rings. The molecule has 0 aliphatic heterocycles. The Morgan fingerprint density at radius 1 is 1.12 bits per heavy atom. The molecule has 0 saturated carbocycles. The van der Waals surface area contributed by atoms with E-state index >= 15 is 0 Å². The third-order valence-corrected chi connectivity index (χ3v) is 7.41. The molecular formula is C32H36BrF2NO6. The van der Waals surface area contributed by atoms with Gasteiger partial charge in [-0.05, 0) is 86.3 Å². The molecule has 0 saturated heterocycles. The van der Waals surface area contributed by atoms with E-state index in [1.54, 1.807) is 33.1 Å². The van der Waals surface area contributed by atoms with E-state index in [2.05, 4.69) is 22.5 Å². The molecule has 226 valence electrons. The number of esters is 1. The van der Waals surface area contributed by atoms with Crippen molar-refractivity contribution in [1.82, 2.24) is 0 Å². The maximum atomic E-state index is 13.8. The van der Waals surface area contributed by atoms with E-state index in [9.17, 15) is 23.5 Å². The molecule has 0 radical (unpaired) electrons. The van der Waals surface area contributed by atoms with Gasteiger partial charge in [0, 0.05) is 22.4 Å². The first kappa shape index (κ1) is 34.3. The Kier molecular flexibility index (Phi) is 12.1. The molecule has 0 bridgehead atoms. The van der Waals surface area contributed by atoms with Gasteiger partial charge in [0.2, 0.25) is 0 Å². The summed E-state index contributed by atoms with van der Waals surface area (Å²) in [6.07, 6.45) is 6.53. The number of ether oxygens (including phenoxy) is 3. The van der Waals surface area contributed by atoms with E-state index in [4.69, 9.17) is 19.9 Å². The number of aromatic hydroxyl groups is 1. The molecule has 0 aromatic heterocycles. The van der Waals surface area contributed by atoms with E-state index < -0.39 is 35.4 Å². The molecule has 42 heavy (non-hydrogen) atoms. The Morgan fingerprint density at radius 2 is 1.76 bits per heavy atom. The van der Waals surface area contributed by atoms with Crippen LogP contribution in [0.3, 0.4) is 0 Å². The first-order valence-corrected chi connectivity index (χ1v) is 13.9. The number of phenolic OH excluding ortho intramolecular Hbond substituents is 1. The van der Waals surface area contributed by atoms with E-state index in [-0.39, 0.29) is 38.3 Å². The van der Waals surface area contributed by atoms with Gasteiger partial charge >= 0.3 is 5.97 Å². The number of hydrogen-bond donors (Lipinski definition) is 2. The Bertz CT molecular complexity index is 1450. The molecule has 10 heteroatoms. The minimum absolute atomic E-state index is 0.0851. The standard InChI is InChI=1S/C32H36BrF2NO6/c1-9-12-20(22(40-8)13-10-2)23(14-11-3)41-30-17(5)16(4)25(29(38)27(30)33)32(39)42-24-15-21(31(34)35)26(19(7)37)28(36)18(24)6/h9-10,12-15,20,31,38H,2,11,36H2,1,3-8H3/b12-9-,22-13+,23-14?. The minimum Gasteiger partial charge on any atom is -0.506 e. The van der Waals surface area contributed by atoms with Crippen molar-refractivity contribution in [3.05, 3.63) is 92.4 Å². The second-order valence-electron chi connectivity index (χ2n) is 9.37. The van der Waals surface area contributed by atoms with E-state index in [1.165, 1.54) is 6.92 Å². The highest BCUT2D eigenvalue weighted by atomic mass is 79.9. The lowest BCUT2D eigenvalue weighted by molar-refractivity contribution is 0.0728. The largest absolute Gasteiger partial charge is 0.506 e. The van der Waals surface area contributed by atoms with Crippen LogP contribution < -0.4 is 15.2 Å². The number of hydrogen-bond acceptors (Lipinski definition) is 7. The third-order valence-electron chi connectivity index (χ3n) is 6.68. The van der Waals surface area contributed by atoms with Crippen LogP contribution in [-0.2, 0) is 4.74 Å². The number of anilines is 1. The van der Waals surface area contributed by atoms with Crippen molar-refractivity contribution in [2.75, 3.05) is 12.8 Å². The average molecular weight is 649 g/mol. The summed E-state index contributed by atoms with van der Waals surface area (Å²) in [6, 6.07) is 0.921. The Balaban J connectivity index is 2.64. The number of carbonyl (C=O) groups excluding carboxylic acids is 2. The molecule has 0 aliphatic carbocycles. The second-order valence-corrected chi connectivity index (χ2v) is 10.2. The van der Waals surface area contributed by atoms with Gasteiger partial charge < -0.3 is 25.1 Å². The monoisotopic (exact) mass is 647 g/mol. The zero-order valence-corrected chi connectivity index (χ0v) is 26.3. The lowest BCUT2D eigenvalue weighted by atomic mass is 9.97. The molecule has 1 atom stereocenters. The van der Waals surface area contributed by atoms with Gasteiger partial charge in [-0.25, -0.2) is 13.6 Å². The van der Waals surface area contributed by atoms with Crippen molar-refractivity contribution in [2.24, 2.45) is 5.92 Å². The second kappa shape index (κ2) is 14.8. The molecule has 2 rings (SSSR count). The van der Waals surface area contributed by atoms with Crippen LogP contribution in [0.25, 0.3) is 0 Å². The van der Waals surface area contributed by atoms with E-state index in [0.717, 1.165) is 13.0 Å². The predicted octanol–water partition coefficient (Wildman–Crippen LogP) is 8.60. The number of carbonyl (C=O) groups is 2. The number of methoxy groups -OCH3 is 1. The van der Waals surface area contributed by atoms with Crippen LogP contribution in [0.4, 0.5) is 14.5 Å². The number of nitrogen functional groups attached to an aromatic ring is 1. The molecule has 1 unspecified atom stereocenters. The topological polar surface area (TPSA) is 108 Å². The Hall–Kier alpha value is -3.92. The number of alkyl halides is 2. The van der Waals surface area contributed by atoms with E-state index in [1.807, 2.05) is 32.1 Å². The first-order chi connectivity index (χ1) is 19.8. The molecule has 2 aromatic rings. The fourth-order valence-corrected chi connectivity index (χ4v) is 4.97. The van der Waals surface area contributed by atoms with Gasteiger partial charge in [0.15, 0.2) is 5.78 Å². The number of halogens is 3. The molecule has 0 spiro atoms. The molecule has 7 nitrogen and oxygen atoms in total. The highest BCUT2D eigenvalue weighted by Gasteiger charge is 2.29. The van der Waals surface area contributed by atoms with Gasteiger partial charge in [0.05, 0.1) is 13.0 Å². The lowest BCUT2D eigenvalue weighted by Gasteiger charge is -2.23. The summed E-state index contributed by atoms with van der Waals surface area (Å²) in [5.41, 5.74) is 5.58. The fraction of sp³-hybridized carbons (Fsp3) is 0.312. The van der Waals surface area contributed by atoms with Gasteiger partial charge in [0.1, 0.15) is 38.8 Å². The van der Waals surface area contributed by atoms with Crippen molar-refractivity contribution >= 4 is 33.4 Å². The number of nitrogens with two attached hydrogens (primary N) is 1. The smallest absolute Gasteiger partial charge is 0.347 e. The highest BCUT2D eigenvalue weighted by molar-refractivity contribution is 9.10. The van der Waals surface area contributed by atoms with Crippen LogP contribution in [0, 0.1) is 26.7 Å². The van der Waals surface area contributed by atoms with Crippen LogP contribution >= 0.6 is 15.9 Å². The molecular weight excluding hydrogens is 612 g/mol. The van der Waals surface area contributed by atoms with Crippen molar-refractivity contribution in [3.63, 3.8) is 0 Å². The molecule has 2 aromatic carbocycles. The van der Waals surface area contributed by atoms with Crippen molar-refractivity contribution in [2.45, 2.75) is 54.4 Å². The van der Waals surface area contributed by atoms with Crippen LogP contribution in [0.2, 0.25) is 0 Å². The number of phenols is 1. The minimum atomic E-state index is -3.04. The highest BCUT2D eigenvalue weighted by Crippen LogP contribution is 2.44. The number of allylic oxidation sites excluding steroid dienone is 4. The maximum absolute atomic E-state index is 13.8. The van der Waals surface area contributed by atoms with Crippen molar-refractivity contribution in [1.29, 1.82) is 0 Å². The third kappa shape index (κ3) is 7.10. The summed E-state index contributed by atoms with van der Waals surface area (Å²) < 4.78 is 45.0. The Labute approximate surface area is 253 Å². The zero-order chi connectivity index (χ0) is 31.9. The summed E-state index contributed by atoms with van der Waals surface area (Å²) in [4.78, 5) is 25.3. The summed E-state index contributed by atoms with van der Waals surface area (Å²) in [5.74, 6) is -1.43. The Morgan fingerprint density at radius 3 is 2.26 bits per heavy atom. The van der Waals surface area contributed by atoms with Crippen molar-refractivity contribution in [3.8, 4) is 17.2 Å². The molecule has 0 heterocycles. The molecule has 0 amide bonds. The fourth-order valence-electron chi connectivity index (χ4n) is 4.40. The number of Topliss-reactive ketones (excluding diaryl/α,β-unsaturated/α-hetero) is 1. The van der Waals surface area contributed by atoms with Gasteiger partial charge in [-0.3, -0.25) is 4.79 Å². The maximum Gasteiger partial charge on any atom is 0.347 e. The average Bonchev–Trinajstić information content (AvgIpc) is 2.93. The lowest BCUT2D eigenvalue weighted by Crippen LogP contribution is -2.16. The van der Waals surface area contributed by atoms with Gasteiger partial charge in [0.25, 0.3) is 6.43 Å². The predicted molar refractivity (Wildman–Crippen MR) is 163 cm³/mol. The van der Waals surface area contributed by atoms with Gasteiger partial charge in [-0.15, -0.1) is 0 Å². The quantitative estimate of drug-likeness (QED) is 0.0451. The summed E-state index contributed by atoms with van der Waals surface area (Å²) in [6.45, 7) is 13.4. The van der Waals surface area contributed by atoms with Crippen LogP contribution in [0.5, 0.6) is 17.2 Å². The van der Waals surface area contributed by atoms with Crippen LogP contribution in [0.15, 0.2) is 59.0 Å². The molecule has 3 N–H and O–H groups in total. The van der Waals surface area contributed by atoms with Crippen molar-refractivity contribution < 1.29 is 37.7 Å². The van der Waals surface area contributed by atoms with Crippen LogP contribution in [0.1, 0.15) is 76.6 Å². The summed E-state index contributed by atoms with van der Waals surface area (Å²) in [7, 11) is 1.54. The summed E-state index contributed by atoms with van der Waals surface area (Å²) in [5, 5.41) is 11.1. The first-order valence-electron chi connectivity index (χ1n) is 13.1. The van der Waals surface area contributed by atoms with E-state index in [0.29, 0.717) is 29.1 Å². The number of ketones is 1. The zero-order valence-electron chi connectivity index (χ0n) is 24.7. The van der Waals surface area contributed by atoms with Gasteiger partial charge in [-0.2, -0.15) is 0 Å². The number of rotatable bonds is 12. The van der Waals surface area contributed by atoms with Crippen LogP contribution in [-0.4, -0.2) is 24.0 Å². The SMILES string of the molecule is C=C/C=C(/OC)C(/C=C\C)C(=CCC)Oc1c(C)c(C)c(C(=O)Oc2cc(C(F)F)c(C(C)=O)c(N)c2C)c(O)c1Br. The number of benzene rings is 2.